The van der Waals surface area contributed by atoms with Crippen molar-refractivity contribution in [1.29, 1.82) is 0 Å². The predicted octanol–water partition coefficient (Wildman–Crippen LogP) is 5.58. The SMILES string of the molecule is C[C@](O)(CCC(=O)c1cc(Nc2ccccn2)c2ncccc2c1)c1cc2c(c(-c3ccc(F)cc3)n1)OC[C@]2(C)C(N)=O. The van der Waals surface area contributed by atoms with Gasteiger partial charge in [0.15, 0.2) is 5.78 Å². The molecule has 1 aliphatic heterocycles. The summed E-state index contributed by atoms with van der Waals surface area (Å²) in [5, 5.41) is 15.7. The first kappa shape index (κ1) is 28.9. The Kier molecular flexibility index (Phi) is 7.30. The van der Waals surface area contributed by atoms with Gasteiger partial charge in [0.05, 0.1) is 16.9 Å². The summed E-state index contributed by atoms with van der Waals surface area (Å²) < 4.78 is 19.6. The number of nitrogens with one attached hydrogen (secondary N) is 1. The van der Waals surface area contributed by atoms with Gasteiger partial charge in [0, 0.05) is 40.9 Å². The normalized spacial score (nSPS) is 17.0. The standard InChI is InChI=1S/C34H30FN5O4/c1-33(32(36)42)19-44-31-24(33)18-27(40-30(31)20-8-10-23(35)11-9-20)34(2,43)13-12-26(41)22-16-21-6-5-15-38-29(21)25(17-22)39-28-7-3-4-14-37-28/h3-11,14-18,43H,12-13,19H2,1-2H3,(H2,36,42)(H,37,39)/t33-,34-/m0/s1. The molecule has 2 aromatic carbocycles. The Labute approximate surface area is 253 Å². The van der Waals surface area contributed by atoms with Crippen molar-refractivity contribution in [2.24, 2.45) is 5.73 Å². The summed E-state index contributed by atoms with van der Waals surface area (Å²) in [5.74, 6) is -0.234. The minimum Gasteiger partial charge on any atom is -0.489 e. The summed E-state index contributed by atoms with van der Waals surface area (Å²) in [6.45, 7) is 3.24. The first-order valence-electron chi connectivity index (χ1n) is 14.1. The van der Waals surface area contributed by atoms with Gasteiger partial charge in [0.1, 0.15) is 40.7 Å². The van der Waals surface area contributed by atoms with Crippen molar-refractivity contribution in [3.05, 3.63) is 108 Å². The molecule has 1 aliphatic rings. The number of carbonyl (C=O) groups is 2. The number of ketones is 1. The van der Waals surface area contributed by atoms with Crippen LogP contribution in [0.3, 0.4) is 0 Å². The van der Waals surface area contributed by atoms with Crippen LogP contribution in [0.5, 0.6) is 5.75 Å². The van der Waals surface area contributed by atoms with Crippen LogP contribution < -0.4 is 15.8 Å². The van der Waals surface area contributed by atoms with Crippen LogP contribution in [0.2, 0.25) is 0 Å². The van der Waals surface area contributed by atoms with E-state index in [0.29, 0.717) is 45.2 Å². The zero-order valence-corrected chi connectivity index (χ0v) is 24.2. The number of nitrogens with two attached hydrogens (primary N) is 1. The highest BCUT2D eigenvalue weighted by Gasteiger charge is 2.45. The van der Waals surface area contributed by atoms with Crippen LogP contribution in [0.15, 0.2) is 85.2 Å². The Bertz CT molecular complexity index is 1900. The molecule has 0 saturated carbocycles. The van der Waals surface area contributed by atoms with Crippen molar-refractivity contribution < 1.29 is 23.8 Å². The summed E-state index contributed by atoms with van der Waals surface area (Å²) in [4.78, 5) is 39.6. The zero-order valence-electron chi connectivity index (χ0n) is 24.2. The fourth-order valence-corrected chi connectivity index (χ4v) is 5.32. The Morgan fingerprint density at radius 1 is 1.07 bits per heavy atom. The molecule has 3 aromatic heterocycles. The molecule has 0 aliphatic carbocycles. The average Bonchev–Trinajstić information content (AvgIpc) is 3.38. The molecule has 5 aromatic rings. The topological polar surface area (TPSA) is 140 Å². The molecule has 9 nitrogen and oxygen atoms in total. The highest BCUT2D eigenvalue weighted by atomic mass is 19.1. The smallest absolute Gasteiger partial charge is 0.231 e. The molecule has 0 radical (unpaired) electrons. The number of hydrogen-bond acceptors (Lipinski definition) is 8. The van der Waals surface area contributed by atoms with E-state index in [1.165, 1.54) is 12.1 Å². The van der Waals surface area contributed by atoms with E-state index < -0.39 is 22.7 Å². The summed E-state index contributed by atoms with van der Waals surface area (Å²) in [6, 6.07) is 20.0. The Morgan fingerprint density at radius 3 is 2.57 bits per heavy atom. The predicted molar refractivity (Wildman–Crippen MR) is 164 cm³/mol. The van der Waals surface area contributed by atoms with Crippen LogP contribution in [0.25, 0.3) is 22.2 Å². The molecule has 0 fully saturated rings. The molecule has 222 valence electrons. The molecular formula is C34H30FN5O4. The van der Waals surface area contributed by atoms with Crippen molar-refractivity contribution in [2.45, 2.75) is 37.7 Å². The maximum atomic E-state index is 13.7. The molecule has 0 bridgehead atoms. The number of ether oxygens (including phenoxy) is 1. The number of halogens is 1. The first-order valence-corrected chi connectivity index (χ1v) is 14.1. The van der Waals surface area contributed by atoms with Crippen LogP contribution in [0, 0.1) is 5.82 Å². The Morgan fingerprint density at radius 2 is 1.84 bits per heavy atom. The van der Waals surface area contributed by atoms with Crippen LogP contribution in [0.4, 0.5) is 15.9 Å². The van der Waals surface area contributed by atoms with Gasteiger partial charge in [-0.3, -0.25) is 14.6 Å². The molecule has 4 heterocycles. The number of anilines is 2. The summed E-state index contributed by atoms with van der Waals surface area (Å²) >= 11 is 0. The number of aliphatic hydroxyl groups is 1. The second-order valence-electron chi connectivity index (χ2n) is 11.4. The lowest BCUT2D eigenvalue weighted by molar-refractivity contribution is -0.123. The van der Waals surface area contributed by atoms with Gasteiger partial charge in [-0.2, -0.15) is 0 Å². The quantitative estimate of drug-likeness (QED) is 0.189. The lowest BCUT2D eigenvalue weighted by atomic mass is 9.81. The fourth-order valence-electron chi connectivity index (χ4n) is 5.32. The van der Waals surface area contributed by atoms with Crippen LogP contribution in [-0.4, -0.2) is 38.4 Å². The van der Waals surface area contributed by atoms with Crippen LogP contribution >= 0.6 is 0 Å². The molecule has 6 rings (SSSR count). The lowest BCUT2D eigenvalue weighted by Gasteiger charge is -2.26. The number of primary amides is 1. The van der Waals surface area contributed by atoms with Gasteiger partial charge < -0.3 is 20.9 Å². The largest absolute Gasteiger partial charge is 0.489 e. The Hall–Kier alpha value is -5.22. The van der Waals surface area contributed by atoms with E-state index in [1.807, 2.05) is 24.3 Å². The number of aromatic nitrogens is 3. The minimum atomic E-state index is -1.58. The van der Waals surface area contributed by atoms with E-state index in [4.69, 9.17) is 15.5 Å². The third-order valence-electron chi connectivity index (χ3n) is 8.08. The Balaban J connectivity index is 1.32. The number of nitrogens with zero attached hydrogens (tertiary/aromatic N) is 3. The van der Waals surface area contributed by atoms with Gasteiger partial charge >= 0.3 is 0 Å². The van der Waals surface area contributed by atoms with E-state index in [0.717, 1.165) is 5.39 Å². The van der Waals surface area contributed by atoms with E-state index in [2.05, 4.69) is 15.3 Å². The molecule has 1 amide bonds. The number of Topliss-reactive ketones (excluding diaryl/α,β-unsaturated/α-hetero) is 1. The second kappa shape index (κ2) is 11.1. The molecule has 4 N–H and O–H groups in total. The number of benzene rings is 2. The van der Waals surface area contributed by atoms with Crippen molar-refractivity contribution in [3.63, 3.8) is 0 Å². The van der Waals surface area contributed by atoms with Crippen molar-refractivity contribution in [3.8, 4) is 17.0 Å². The maximum absolute atomic E-state index is 13.7. The molecule has 0 unspecified atom stereocenters. The van der Waals surface area contributed by atoms with E-state index in [1.54, 1.807) is 62.6 Å². The summed E-state index contributed by atoms with van der Waals surface area (Å²) in [5.41, 5.74) is 6.41. The van der Waals surface area contributed by atoms with Crippen LogP contribution in [-0.2, 0) is 15.8 Å². The van der Waals surface area contributed by atoms with Gasteiger partial charge in [-0.1, -0.05) is 12.1 Å². The van der Waals surface area contributed by atoms with E-state index >= 15 is 0 Å². The van der Waals surface area contributed by atoms with E-state index in [9.17, 15) is 19.1 Å². The number of carbonyl (C=O) groups excluding carboxylic acids is 2. The van der Waals surface area contributed by atoms with Gasteiger partial charge in [-0.05, 0) is 80.9 Å². The van der Waals surface area contributed by atoms with Gasteiger partial charge in [-0.25, -0.2) is 14.4 Å². The van der Waals surface area contributed by atoms with Crippen molar-refractivity contribution >= 4 is 34.1 Å². The van der Waals surface area contributed by atoms with Gasteiger partial charge in [0.25, 0.3) is 0 Å². The molecule has 0 spiro atoms. The summed E-state index contributed by atoms with van der Waals surface area (Å²) in [6.07, 6.45) is 3.38. The highest BCUT2D eigenvalue weighted by Crippen LogP contribution is 2.46. The molecule has 0 saturated heterocycles. The molecule has 10 heteroatoms. The first-order chi connectivity index (χ1) is 21.0. The van der Waals surface area contributed by atoms with Crippen molar-refractivity contribution in [2.75, 3.05) is 11.9 Å². The lowest BCUT2D eigenvalue weighted by Crippen LogP contribution is -2.40. The number of rotatable bonds is 9. The molecule has 2 atom stereocenters. The van der Waals surface area contributed by atoms with Gasteiger partial charge in [0.2, 0.25) is 5.91 Å². The van der Waals surface area contributed by atoms with E-state index in [-0.39, 0.29) is 30.9 Å². The second-order valence-corrected chi connectivity index (χ2v) is 11.4. The van der Waals surface area contributed by atoms with Crippen LogP contribution in [0.1, 0.15) is 48.3 Å². The van der Waals surface area contributed by atoms with Crippen molar-refractivity contribution in [1.82, 2.24) is 15.0 Å². The monoisotopic (exact) mass is 591 g/mol. The fraction of sp³-hybridized carbons (Fsp3) is 0.206. The zero-order chi connectivity index (χ0) is 31.1. The number of hydrogen-bond donors (Lipinski definition) is 3. The summed E-state index contributed by atoms with van der Waals surface area (Å²) in [7, 11) is 0. The number of amides is 1. The highest BCUT2D eigenvalue weighted by molar-refractivity contribution is 6.03. The molecule has 44 heavy (non-hydrogen) atoms. The average molecular weight is 592 g/mol. The van der Waals surface area contributed by atoms with Gasteiger partial charge in [-0.15, -0.1) is 0 Å². The molecular weight excluding hydrogens is 561 g/mol. The number of pyridine rings is 3. The maximum Gasteiger partial charge on any atom is 0.231 e. The minimum absolute atomic E-state index is 0.00329. The third kappa shape index (κ3) is 5.35. The number of fused-ring (bicyclic) bond motifs is 2. The third-order valence-corrected chi connectivity index (χ3v) is 8.08.